The number of guanidine groups is 1. The van der Waals surface area contributed by atoms with E-state index in [0.29, 0.717) is 19.0 Å². The van der Waals surface area contributed by atoms with Crippen LogP contribution in [0.15, 0.2) is 27.8 Å². The van der Waals surface area contributed by atoms with Crippen LogP contribution in [0.4, 0.5) is 0 Å². The number of aryl methyl sites for hydroxylation is 2. The number of hydrogen-bond donors (Lipinski definition) is 3. The Hall–Kier alpha value is -2.35. The third kappa shape index (κ3) is 6.58. The predicted octanol–water partition coefficient (Wildman–Crippen LogP) is 1.77. The van der Waals surface area contributed by atoms with E-state index >= 15 is 0 Å². The number of nitrogens with one attached hydrogen (secondary N) is 3. The molecule has 0 atom stereocenters. The normalized spacial score (nSPS) is 11.4. The summed E-state index contributed by atoms with van der Waals surface area (Å²) in [5.41, 5.74) is 1.09. The number of rotatable bonds is 8. The quantitative estimate of drug-likeness (QED) is 0.491. The molecule has 7 nitrogen and oxygen atoms in total. The topological polar surface area (TPSA) is 91.5 Å². The third-order valence-electron chi connectivity index (χ3n) is 3.47. The summed E-state index contributed by atoms with van der Waals surface area (Å²) in [5.74, 6) is 1.19. The minimum atomic E-state index is -0.153. The van der Waals surface area contributed by atoms with E-state index in [0.717, 1.165) is 29.4 Å². The largest absolute Gasteiger partial charge is 0.467 e. The van der Waals surface area contributed by atoms with Gasteiger partial charge in [0.2, 0.25) is 5.91 Å². The fraction of sp³-hybridized carbons (Fsp3) is 0.471. The highest BCUT2D eigenvalue weighted by molar-refractivity contribution is 7.11. The van der Waals surface area contributed by atoms with Crippen molar-refractivity contribution >= 4 is 23.2 Å². The second kappa shape index (κ2) is 9.83. The van der Waals surface area contributed by atoms with Gasteiger partial charge in [-0.1, -0.05) is 0 Å². The first kappa shape index (κ1) is 19.0. The van der Waals surface area contributed by atoms with Crippen LogP contribution in [0.3, 0.4) is 0 Å². The molecule has 0 radical (unpaired) electrons. The Labute approximate surface area is 151 Å². The second-order valence-electron chi connectivity index (χ2n) is 5.48. The number of carbonyl (C=O) groups is 1. The Bertz CT molecular complexity index is 674. The third-order valence-corrected chi connectivity index (χ3v) is 4.60. The first-order chi connectivity index (χ1) is 12.1. The summed E-state index contributed by atoms with van der Waals surface area (Å²) in [6.07, 6.45) is 2.41. The average molecular weight is 363 g/mol. The lowest BCUT2D eigenvalue weighted by atomic mass is 10.4. The van der Waals surface area contributed by atoms with Crippen molar-refractivity contribution in [2.24, 2.45) is 4.99 Å². The highest BCUT2D eigenvalue weighted by atomic mass is 32.1. The Morgan fingerprint density at radius 1 is 1.32 bits per heavy atom. The van der Waals surface area contributed by atoms with E-state index in [-0.39, 0.29) is 12.5 Å². The minimum absolute atomic E-state index is 0.0610. The number of amides is 1. The molecule has 0 aliphatic carbocycles. The monoisotopic (exact) mass is 363 g/mol. The maximum absolute atomic E-state index is 11.9. The van der Waals surface area contributed by atoms with E-state index in [2.05, 4.69) is 32.9 Å². The first-order valence-electron chi connectivity index (χ1n) is 8.32. The van der Waals surface area contributed by atoms with Crippen molar-refractivity contribution in [3.63, 3.8) is 0 Å². The zero-order chi connectivity index (χ0) is 18.1. The van der Waals surface area contributed by atoms with E-state index < -0.39 is 0 Å². The molecule has 3 N–H and O–H groups in total. The summed E-state index contributed by atoms with van der Waals surface area (Å²) in [4.78, 5) is 21.9. The number of thiazole rings is 1. The molecule has 1 amide bonds. The van der Waals surface area contributed by atoms with Gasteiger partial charge in [0, 0.05) is 24.4 Å². The van der Waals surface area contributed by atoms with Gasteiger partial charge in [0.1, 0.15) is 12.3 Å². The standard InChI is InChI=1S/C17H25N5O2S/c1-4-18-17(19-8-7-16-22-12(2)13(3)25-16)21-11-15(23)20-10-14-6-5-9-24-14/h5-6,9H,4,7-8,10-11H2,1-3H3,(H,20,23)(H2,18,19,21). The lowest BCUT2D eigenvalue weighted by Gasteiger charge is -2.10. The van der Waals surface area contributed by atoms with E-state index in [1.165, 1.54) is 4.88 Å². The molecule has 0 fully saturated rings. The van der Waals surface area contributed by atoms with Crippen molar-refractivity contribution in [3.05, 3.63) is 39.7 Å². The zero-order valence-electron chi connectivity index (χ0n) is 14.9. The number of aromatic nitrogens is 1. The maximum atomic E-state index is 11.9. The SMILES string of the molecule is CCNC(=NCC(=O)NCc1ccco1)NCCc1nc(C)c(C)s1. The number of carbonyl (C=O) groups excluding carboxylic acids is 1. The molecule has 0 bridgehead atoms. The van der Waals surface area contributed by atoms with Crippen LogP contribution in [-0.2, 0) is 17.8 Å². The number of furan rings is 1. The molecule has 0 unspecified atom stereocenters. The van der Waals surface area contributed by atoms with Gasteiger partial charge < -0.3 is 20.4 Å². The van der Waals surface area contributed by atoms with E-state index in [1.54, 1.807) is 23.7 Å². The molecule has 2 aromatic rings. The summed E-state index contributed by atoms with van der Waals surface area (Å²) < 4.78 is 5.17. The van der Waals surface area contributed by atoms with Crippen molar-refractivity contribution in [2.75, 3.05) is 19.6 Å². The summed E-state index contributed by atoms with van der Waals surface area (Å²) in [6.45, 7) is 7.97. The van der Waals surface area contributed by atoms with Crippen molar-refractivity contribution in [1.29, 1.82) is 0 Å². The molecule has 2 aromatic heterocycles. The van der Waals surface area contributed by atoms with Crippen LogP contribution in [0.5, 0.6) is 0 Å². The van der Waals surface area contributed by atoms with Gasteiger partial charge in [-0.2, -0.15) is 0 Å². The summed E-state index contributed by atoms with van der Waals surface area (Å²) in [6, 6.07) is 3.61. The van der Waals surface area contributed by atoms with E-state index in [1.807, 2.05) is 19.9 Å². The van der Waals surface area contributed by atoms with Crippen LogP contribution >= 0.6 is 11.3 Å². The van der Waals surface area contributed by atoms with Crippen molar-refractivity contribution in [3.8, 4) is 0 Å². The van der Waals surface area contributed by atoms with Crippen LogP contribution in [0.1, 0.15) is 28.3 Å². The minimum Gasteiger partial charge on any atom is -0.467 e. The van der Waals surface area contributed by atoms with E-state index in [9.17, 15) is 4.79 Å². The lowest BCUT2D eigenvalue weighted by molar-refractivity contribution is -0.119. The highest BCUT2D eigenvalue weighted by Crippen LogP contribution is 2.16. The molecule has 136 valence electrons. The molecule has 0 spiro atoms. The van der Waals surface area contributed by atoms with Gasteiger partial charge >= 0.3 is 0 Å². The summed E-state index contributed by atoms with van der Waals surface area (Å²) in [7, 11) is 0. The number of nitrogens with zero attached hydrogens (tertiary/aromatic N) is 2. The molecule has 2 heterocycles. The molecule has 8 heteroatoms. The smallest absolute Gasteiger partial charge is 0.242 e. The predicted molar refractivity (Wildman–Crippen MR) is 99.8 cm³/mol. The van der Waals surface area contributed by atoms with Gasteiger partial charge in [-0.05, 0) is 32.9 Å². The molecule has 25 heavy (non-hydrogen) atoms. The Kier molecular flexibility index (Phi) is 7.46. The van der Waals surface area contributed by atoms with Crippen LogP contribution in [0.2, 0.25) is 0 Å². The number of aliphatic imine (C=N–C) groups is 1. The second-order valence-corrected chi connectivity index (χ2v) is 6.76. The Morgan fingerprint density at radius 3 is 2.80 bits per heavy atom. The highest BCUT2D eigenvalue weighted by Gasteiger charge is 2.05. The maximum Gasteiger partial charge on any atom is 0.242 e. The van der Waals surface area contributed by atoms with Crippen LogP contribution < -0.4 is 16.0 Å². The molecule has 0 aliphatic heterocycles. The van der Waals surface area contributed by atoms with Crippen LogP contribution in [0.25, 0.3) is 0 Å². The van der Waals surface area contributed by atoms with Gasteiger partial charge in [0.25, 0.3) is 0 Å². The molecule has 0 aromatic carbocycles. The molecular weight excluding hydrogens is 338 g/mol. The van der Waals surface area contributed by atoms with Gasteiger partial charge in [-0.3, -0.25) is 4.79 Å². The van der Waals surface area contributed by atoms with Gasteiger partial charge in [0.15, 0.2) is 5.96 Å². The average Bonchev–Trinajstić information content (AvgIpc) is 3.21. The Balaban J connectivity index is 1.75. The van der Waals surface area contributed by atoms with Gasteiger partial charge in [-0.15, -0.1) is 11.3 Å². The molecule has 0 saturated carbocycles. The fourth-order valence-corrected chi connectivity index (χ4v) is 3.01. The molecule has 2 rings (SSSR count). The molecular formula is C17H25N5O2S. The zero-order valence-corrected chi connectivity index (χ0v) is 15.7. The first-order valence-corrected chi connectivity index (χ1v) is 9.14. The number of hydrogen-bond acceptors (Lipinski definition) is 5. The molecule has 0 saturated heterocycles. The van der Waals surface area contributed by atoms with E-state index in [4.69, 9.17) is 4.42 Å². The summed E-state index contributed by atoms with van der Waals surface area (Å²) >= 11 is 1.72. The van der Waals surface area contributed by atoms with Crippen molar-refractivity contribution < 1.29 is 9.21 Å². The fourth-order valence-electron chi connectivity index (χ4n) is 2.08. The van der Waals surface area contributed by atoms with Gasteiger partial charge in [0.05, 0.1) is 23.5 Å². The van der Waals surface area contributed by atoms with Crippen LogP contribution in [-0.4, -0.2) is 36.5 Å². The lowest BCUT2D eigenvalue weighted by Crippen LogP contribution is -2.39. The van der Waals surface area contributed by atoms with Crippen molar-refractivity contribution in [1.82, 2.24) is 20.9 Å². The molecule has 0 aliphatic rings. The van der Waals surface area contributed by atoms with Crippen LogP contribution in [0, 0.1) is 13.8 Å². The van der Waals surface area contributed by atoms with Crippen molar-refractivity contribution in [2.45, 2.75) is 33.7 Å². The van der Waals surface area contributed by atoms with Gasteiger partial charge in [-0.25, -0.2) is 9.98 Å². The summed E-state index contributed by atoms with van der Waals surface area (Å²) in [5, 5.41) is 10.2. The Morgan fingerprint density at radius 2 is 2.16 bits per heavy atom.